The first-order valence-electron chi connectivity index (χ1n) is 1.75. The van der Waals surface area contributed by atoms with Crippen molar-refractivity contribution < 1.29 is 25.2 Å². The molecule has 0 aromatic rings. The average molecular weight is 260 g/mol. The van der Waals surface area contributed by atoms with Crippen LogP contribution in [0.3, 0.4) is 0 Å². The van der Waals surface area contributed by atoms with E-state index >= 15 is 0 Å². The van der Waals surface area contributed by atoms with E-state index in [9.17, 15) is 0 Å². The van der Waals surface area contributed by atoms with Crippen LogP contribution in [0.4, 0.5) is 4.79 Å². The molecular weight excluding hydrogens is 252 g/mol. The Morgan fingerprint density at radius 3 is 0.867 bits per heavy atom. The molecule has 0 aromatic heterocycles. The molecule has 15 heavy (non-hydrogen) atoms. The first-order valence-corrected chi connectivity index (χ1v) is 1.75. The maximum absolute atomic E-state index is 8.56. The smallest absolute Gasteiger partial charge is 0.450 e. The molecule has 0 rings (SSSR count). The maximum atomic E-state index is 8.56. The molecule has 14 heteroatoms. The minimum absolute atomic E-state index is 0. The van der Waals surface area contributed by atoms with Crippen molar-refractivity contribution in [3.63, 3.8) is 0 Å². The van der Waals surface area contributed by atoms with E-state index in [4.69, 9.17) is 45.7 Å². The van der Waals surface area contributed by atoms with Gasteiger partial charge in [0.05, 0.1) is 10.2 Å². The second-order valence-electron chi connectivity index (χ2n) is 0.730. The molecule has 0 bridgehead atoms. The minimum Gasteiger partial charge on any atom is -0.450 e. The topological polar surface area (TPSA) is 260 Å². The van der Waals surface area contributed by atoms with Gasteiger partial charge in [0, 0.05) is 0 Å². The molecule has 88 valence electrons. The third kappa shape index (κ3) is 1140. The molecule has 0 atom stereocenters. The normalized spacial score (nSPS) is 4.80. The molecule has 8 N–H and O–H groups in total. The molecule has 0 saturated heterocycles. The van der Waals surface area contributed by atoms with Crippen molar-refractivity contribution in [2.24, 2.45) is 0 Å². The van der Waals surface area contributed by atoms with Gasteiger partial charge in [0.2, 0.25) is 0 Å². The second-order valence-corrected chi connectivity index (χ2v) is 0.730. The molecule has 0 aromatic carbocycles. The Kier molecular flexibility index (Phi) is 72.4. The van der Waals surface area contributed by atoms with Crippen LogP contribution < -0.4 is 12.3 Å². The van der Waals surface area contributed by atoms with Crippen molar-refractivity contribution in [2.45, 2.75) is 0 Å². The van der Waals surface area contributed by atoms with Gasteiger partial charge in [0.25, 0.3) is 0 Å². The van der Waals surface area contributed by atoms with Crippen LogP contribution in [-0.2, 0) is 0 Å². The summed E-state index contributed by atoms with van der Waals surface area (Å²) in [6.07, 6.45) is -1.83. The summed E-state index contributed by atoms with van der Waals surface area (Å²) in [6, 6.07) is 0. The van der Waals surface area contributed by atoms with Crippen LogP contribution in [0.25, 0.3) is 0 Å². The summed E-state index contributed by atoms with van der Waals surface area (Å²) in [5.74, 6) is 0. The van der Waals surface area contributed by atoms with Crippen LogP contribution in [-0.4, -0.2) is 64.3 Å². The van der Waals surface area contributed by atoms with Crippen molar-refractivity contribution in [1.82, 2.24) is 12.3 Å². The SMILES string of the molecule is N.N.O=C(O)O.O=[N+]([O-])[O-].O=[N+]([O-])[O-].[Ca+2]. The summed E-state index contributed by atoms with van der Waals surface area (Å²) in [6.45, 7) is 0. The van der Waals surface area contributed by atoms with Crippen LogP contribution in [0.5, 0.6) is 0 Å². The molecule has 13 nitrogen and oxygen atoms in total. The summed E-state index contributed by atoms with van der Waals surface area (Å²) in [5, 5.41) is 43.4. The molecule has 0 aliphatic heterocycles. The second kappa shape index (κ2) is 29.3. The van der Waals surface area contributed by atoms with Crippen molar-refractivity contribution >= 4 is 43.9 Å². The summed E-state index contributed by atoms with van der Waals surface area (Å²) in [4.78, 5) is 25.1. The Morgan fingerprint density at radius 2 is 0.867 bits per heavy atom. The van der Waals surface area contributed by atoms with Gasteiger partial charge in [-0.05, 0) is 0 Å². The third-order valence-electron chi connectivity index (χ3n) is 0. The first kappa shape index (κ1) is 37.1. The van der Waals surface area contributed by atoms with Crippen molar-refractivity contribution in [1.29, 1.82) is 0 Å². The zero-order chi connectivity index (χ0) is 10.7. The molecule has 0 heterocycles. The number of hydrogen-bond acceptors (Lipinski definition) is 9. The summed E-state index contributed by atoms with van der Waals surface area (Å²) in [5.41, 5.74) is 0. The van der Waals surface area contributed by atoms with Gasteiger partial charge in [-0.2, -0.15) is 0 Å². The molecule has 0 unspecified atom stereocenters. The van der Waals surface area contributed by atoms with E-state index < -0.39 is 16.3 Å². The number of carboxylic acid groups (broad SMARTS) is 2. The molecule has 0 fully saturated rings. The maximum Gasteiger partial charge on any atom is 2.00 e. The predicted octanol–water partition coefficient (Wildman–Crippen LogP) is -0.313. The standard InChI is InChI=1S/CH2O3.Ca.2NO3.2H3N/c2-1(3)4;;2*2-1(3)4;;/h(H2,2,3,4);;;;2*1H3/q;+2;2*-1;;. The quantitative estimate of drug-likeness (QED) is 0.249. The van der Waals surface area contributed by atoms with Crippen LogP contribution in [0.1, 0.15) is 0 Å². The third-order valence-corrected chi connectivity index (χ3v) is 0. The fourth-order valence-corrected chi connectivity index (χ4v) is 0. The predicted molar refractivity (Wildman–Crippen MR) is 47.2 cm³/mol. The first-order chi connectivity index (χ1) is 5.20. The van der Waals surface area contributed by atoms with Crippen LogP contribution in [0.2, 0.25) is 0 Å². The Labute approximate surface area is 112 Å². The van der Waals surface area contributed by atoms with E-state index in [1.54, 1.807) is 0 Å². The molecule has 0 saturated carbocycles. The van der Waals surface area contributed by atoms with Gasteiger partial charge in [-0.15, -0.1) is 0 Å². The monoisotopic (exact) mass is 260 g/mol. The van der Waals surface area contributed by atoms with Crippen LogP contribution in [0.15, 0.2) is 0 Å². The summed E-state index contributed by atoms with van der Waals surface area (Å²) >= 11 is 0. The molecule has 0 amide bonds. The number of rotatable bonds is 0. The van der Waals surface area contributed by atoms with Gasteiger partial charge in [0.1, 0.15) is 0 Å². The number of hydrogen-bond donors (Lipinski definition) is 4. The largest absolute Gasteiger partial charge is 2.00 e. The van der Waals surface area contributed by atoms with Crippen LogP contribution >= 0.6 is 0 Å². The summed E-state index contributed by atoms with van der Waals surface area (Å²) in [7, 11) is 0. The van der Waals surface area contributed by atoms with E-state index in [1.165, 1.54) is 0 Å². The van der Waals surface area contributed by atoms with Crippen LogP contribution in [0, 0.1) is 30.6 Å². The summed E-state index contributed by atoms with van der Waals surface area (Å²) < 4.78 is 0. The van der Waals surface area contributed by atoms with Gasteiger partial charge in [-0.25, -0.2) is 4.79 Å². The molecule has 0 radical (unpaired) electrons. The molecule has 0 aliphatic rings. The Hall–Kier alpha value is -1.15. The van der Waals surface area contributed by atoms with Gasteiger partial charge in [-0.3, -0.25) is 0 Å². The van der Waals surface area contributed by atoms with Gasteiger partial charge < -0.3 is 53.2 Å². The van der Waals surface area contributed by atoms with Gasteiger partial charge >= 0.3 is 43.9 Å². The molecule has 0 spiro atoms. The van der Waals surface area contributed by atoms with Crippen molar-refractivity contribution in [2.75, 3.05) is 0 Å². The minimum atomic E-state index is -1.83. The van der Waals surface area contributed by atoms with Crippen molar-refractivity contribution in [3.8, 4) is 0 Å². The van der Waals surface area contributed by atoms with E-state index in [2.05, 4.69) is 0 Å². The zero-order valence-corrected chi connectivity index (χ0v) is 9.48. The van der Waals surface area contributed by atoms with Gasteiger partial charge in [-0.1, -0.05) is 0 Å². The fourth-order valence-electron chi connectivity index (χ4n) is 0. The van der Waals surface area contributed by atoms with E-state index in [0.29, 0.717) is 0 Å². The molecule has 0 aliphatic carbocycles. The van der Waals surface area contributed by atoms with Crippen molar-refractivity contribution in [3.05, 3.63) is 30.6 Å². The van der Waals surface area contributed by atoms with E-state index in [0.717, 1.165) is 0 Å². The molecular formula is CH8CaN4O9. The number of carbonyl (C=O) groups is 1. The van der Waals surface area contributed by atoms with E-state index in [1.807, 2.05) is 0 Å². The van der Waals surface area contributed by atoms with E-state index in [-0.39, 0.29) is 50.0 Å². The fraction of sp³-hybridized carbons (Fsp3) is 0. The Morgan fingerprint density at radius 1 is 0.867 bits per heavy atom. The Bertz CT molecular complexity index is 120. The zero-order valence-electron chi connectivity index (χ0n) is 7.27. The number of nitrogens with zero attached hydrogens (tertiary/aromatic N) is 2. The Balaban J connectivity index is -0.0000000184. The average Bonchev–Trinajstić information content (AvgIpc) is 1.54. The van der Waals surface area contributed by atoms with Gasteiger partial charge in [0.15, 0.2) is 0 Å².